The van der Waals surface area contributed by atoms with Crippen LogP contribution in [0.2, 0.25) is 0 Å². The van der Waals surface area contributed by atoms with E-state index in [4.69, 9.17) is 9.05 Å². The molecule has 9 heteroatoms. The van der Waals surface area contributed by atoms with Crippen LogP contribution in [0.1, 0.15) is 129 Å². The monoisotopic (exact) mass is 669 g/mol. The molecule has 268 valence electrons. The van der Waals surface area contributed by atoms with Gasteiger partial charge in [0.05, 0.1) is 39.9 Å². The van der Waals surface area contributed by atoms with Crippen LogP contribution < -0.4 is 5.32 Å². The maximum atomic E-state index is 12.7. The number of nitrogens with one attached hydrogen (secondary N) is 1. The third-order valence-electron chi connectivity index (χ3n) is 7.59. The first-order valence-electron chi connectivity index (χ1n) is 18.0. The zero-order chi connectivity index (χ0) is 34.4. The molecule has 0 aliphatic rings. The summed E-state index contributed by atoms with van der Waals surface area (Å²) in [6, 6.07) is -0.770. The van der Waals surface area contributed by atoms with Crippen molar-refractivity contribution in [2.75, 3.05) is 40.9 Å². The number of aliphatic hydroxyl groups excluding tert-OH is 1. The summed E-state index contributed by atoms with van der Waals surface area (Å²) in [4.78, 5) is 22.9. The number of hydrogen-bond acceptors (Lipinski definition) is 5. The van der Waals surface area contributed by atoms with Crippen LogP contribution in [-0.2, 0) is 18.4 Å². The van der Waals surface area contributed by atoms with Crippen LogP contribution >= 0.6 is 7.82 Å². The van der Waals surface area contributed by atoms with Gasteiger partial charge in [-0.25, -0.2) is 4.57 Å². The van der Waals surface area contributed by atoms with E-state index in [2.05, 4.69) is 67.8 Å². The summed E-state index contributed by atoms with van der Waals surface area (Å²) in [6.45, 7) is 4.67. The number of unbranched alkanes of at least 4 members (excludes halogenated alkanes) is 10. The van der Waals surface area contributed by atoms with E-state index >= 15 is 0 Å². The Morgan fingerprint density at radius 1 is 0.761 bits per heavy atom. The Morgan fingerprint density at radius 2 is 1.30 bits per heavy atom. The molecule has 1 amide bonds. The second kappa shape index (κ2) is 29.6. The maximum absolute atomic E-state index is 12.7. The van der Waals surface area contributed by atoms with Gasteiger partial charge in [-0.1, -0.05) is 120 Å². The van der Waals surface area contributed by atoms with Crippen molar-refractivity contribution in [1.82, 2.24) is 5.32 Å². The molecular formula is C37H70N2O6P+. The largest absolute Gasteiger partial charge is 0.472 e. The average molecular weight is 670 g/mol. The summed E-state index contributed by atoms with van der Waals surface area (Å²) in [5.41, 5.74) is 0. The second-order valence-corrected chi connectivity index (χ2v) is 14.7. The Kier molecular flexibility index (Phi) is 28.6. The molecule has 0 bridgehead atoms. The van der Waals surface area contributed by atoms with E-state index in [1.165, 1.54) is 25.7 Å². The van der Waals surface area contributed by atoms with E-state index < -0.39 is 20.0 Å². The Balaban J connectivity index is 4.45. The standard InChI is InChI=1S/C37H69N2O6P/c1-6-8-10-12-14-15-16-17-18-19-20-21-22-23-25-27-29-31-37(41)38-35(36(40)30-28-26-24-13-11-9-7-2)34-45-46(42,43)44-33-32-39(3,4)5/h8,10,14-15,17-18,20-21,35-36,40H,6-7,9,11-13,16,19,22-34H2,1-5H3,(H-,38,41,42,43)/p+1/b10-8-,15-14-,18-17-,21-20-. The first-order valence-corrected chi connectivity index (χ1v) is 19.5. The number of amides is 1. The van der Waals surface area contributed by atoms with E-state index in [1.807, 2.05) is 21.1 Å². The number of phosphoric acid groups is 1. The van der Waals surface area contributed by atoms with Crippen molar-refractivity contribution >= 4 is 13.7 Å². The van der Waals surface area contributed by atoms with E-state index in [9.17, 15) is 19.4 Å². The Labute approximate surface area is 282 Å². The number of hydrogen-bond donors (Lipinski definition) is 3. The van der Waals surface area contributed by atoms with Crippen molar-refractivity contribution in [3.63, 3.8) is 0 Å². The van der Waals surface area contributed by atoms with Gasteiger partial charge in [-0.2, -0.15) is 0 Å². The SMILES string of the molecule is CC/C=C\C/C=C\C/C=C\C/C=C\CCCCCCC(=O)NC(COP(=O)(O)OCC[N+](C)(C)C)C(O)CCCCCCCCC. The first-order chi connectivity index (χ1) is 22.0. The van der Waals surface area contributed by atoms with Gasteiger partial charge in [-0.05, 0) is 51.4 Å². The fraction of sp³-hybridized carbons (Fsp3) is 0.757. The lowest BCUT2D eigenvalue weighted by Gasteiger charge is -2.26. The highest BCUT2D eigenvalue weighted by Gasteiger charge is 2.28. The molecular weight excluding hydrogens is 599 g/mol. The summed E-state index contributed by atoms with van der Waals surface area (Å²) in [5, 5.41) is 13.7. The third-order valence-corrected chi connectivity index (χ3v) is 8.58. The minimum Gasteiger partial charge on any atom is -0.391 e. The van der Waals surface area contributed by atoms with E-state index in [0.717, 1.165) is 77.0 Å². The summed E-state index contributed by atoms with van der Waals surface area (Å²) in [6.07, 6.45) is 34.3. The Morgan fingerprint density at radius 3 is 1.91 bits per heavy atom. The molecule has 0 aromatic heterocycles. The van der Waals surface area contributed by atoms with Gasteiger partial charge in [0.15, 0.2) is 0 Å². The van der Waals surface area contributed by atoms with Crippen LogP contribution in [0.25, 0.3) is 0 Å². The van der Waals surface area contributed by atoms with E-state index in [0.29, 0.717) is 23.9 Å². The molecule has 0 aromatic rings. The lowest BCUT2D eigenvalue weighted by Crippen LogP contribution is -2.46. The predicted molar refractivity (Wildman–Crippen MR) is 194 cm³/mol. The van der Waals surface area contributed by atoms with Crippen LogP contribution in [-0.4, -0.2) is 73.4 Å². The number of phosphoric ester groups is 1. The molecule has 46 heavy (non-hydrogen) atoms. The Bertz CT molecular complexity index is 897. The lowest BCUT2D eigenvalue weighted by molar-refractivity contribution is -0.870. The number of rotatable bonds is 31. The molecule has 3 unspecified atom stereocenters. The number of carbonyl (C=O) groups is 1. The van der Waals surface area contributed by atoms with Crippen molar-refractivity contribution in [3.05, 3.63) is 48.6 Å². The molecule has 0 saturated heterocycles. The van der Waals surface area contributed by atoms with Crippen LogP contribution in [0.3, 0.4) is 0 Å². The van der Waals surface area contributed by atoms with Crippen LogP contribution in [0, 0.1) is 0 Å². The fourth-order valence-corrected chi connectivity index (χ4v) is 5.42. The number of carbonyl (C=O) groups excluding carboxylic acids is 1. The van der Waals surface area contributed by atoms with Crippen molar-refractivity contribution in [2.24, 2.45) is 0 Å². The molecule has 0 aromatic carbocycles. The predicted octanol–water partition coefficient (Wildman–Crippen LogP) is 8.96. The van der Waals surface area contributed by atoms with Crippen molar-refractivity contribution in [1.29, 1.82) is 0 Å². The molecule has 0 fully saturated rings. The average Bonchev–Trinajstić information content (AvgIpc) is 2.99. The molecule has 0 rings (SSSR count). The molecule has 0 aliphatic heterocycles. The first kappa shape index (κ1) is 44.5. The van der Waals surface area contributed by atoms with Crippen LogP contribution in [0.15, 0.2) is 48.6 Å². The molecule has 0 heterocycles. The van der Waals surface area contributed by atoms with Gasteiger partial charge in [0, 0.05) is 6.42 Å². The fourth-order valence-electron chi connectivity index (χ4n) is 4.68. The van der Waals surface area contributed by atoms with E-state index in [1.54, 1.807) is 0 Å². The van der Waals surface area contributed by atoms with Crippen molar-refractivity contribution in [2.45, 2.75) is 142 Å². The normalized spacial score (nSPS) is 15.4. The number of nitrogens with zero attached hydrogens (tertiary/aromatic N) is 1. The Hall–Kier alpha value is -1.54. The topological polar surface area (TPSA) is 105 Å². The van der Waals surface area contributed by atoms with Gasteiger partial charge in [-0.15, -0.1) is 0 Å². The third kappa shape index (κ3) is 31.1. The van der Waals surface area contributed by atoms with Crippen molar-refractivity contribution in [3.8, 4) is 0 Å². The molecule has 0 radical (unpaired) electrons. The van der Waals surface area contributed by atoms with Crippen LogP contribution in [0.4, 0.5) is 0 Å². The molecule has 0 saturated carbocycles. The van der Waals surface area contributed by atoms with Crippen molar-refractivity contribution < 1.29 is 32.9 Å². The number of likely N-dealkylation sites (N-methyl/N-ethyl adjacent to an activating group) is 1. The number of allylic oxidation sites excluding steroid dienone is 8. The summed E-state index contributed by atoms with van der Waals surface area (Å²) < 4.78 is 23.4. The number of quaternary nitrogens is 1. The molecule has 3 atom stereocenters. The minimum absolute atomic E-state index is 0.0666. The molecule has 0 aliphatic carbocycles. The zero-order valence-corrected chi connectivity index (χ0v) is 30.9. The molecule has 8 nitrogen and oxygen atoms in total. The van der Waals surface area contributed by atoms with Gasteiger partial charge in [-0.3, -0.25) is 13.8 Å². The van der Waals surface area contributed by atoms with Gasteiger partial charge in [0.25, 0.3) is 0 Å². The maximum Gasteiger partial charge on any atom is 0.472 e. The van der Waals surface area contributed by atoms with Gasteiger partial charge in [0.1, 0.15) is 13.2 Å². The number of aliphatic hydroxyl groups is 1. The van der Waals surface area contributed by atoms with Gasteiger partial charge >= 0.3 is 7.82 Å². The second-order valence-electron chi connectivity index (χ2n) is 13.2. The highest BCUT2D eigenvalue weighted by molar-refractivity contribution is 7.47. The minimum atomic E-state index is -4.31. The summed E-state index contributed by atoms with van der Waals surface area (Å²) >= 11 is 0. The summed E-state index contributed by atoms with van der Waals surface area (Å²) in [7, 11) is 1.58. The quantitative estimate of drug-likeness (QED) is 0.0295. The smallest absolute Gasteiger partial charge is 0.391 e. The molecule has 0 spiro atoms. The zero-order valence-electron chi connectivity index (χ0n) is 30.0. The lowest BCUT2D eigenvalue weighted by atomic mass is 10.0. The molecule has 3 N–H and O–H groups in total. The van der Waals surface area contributed by atoms with Crippen LogP contribution in [0.5, 0.6) is 0 Å². The van der Waals surface area contributed by atoms with E-state index in [-0.39, 0.29) is 19.1 Å². The van der Waals surface area contributed by atoms with Gasteiger partial charge in [0.2, 0.25) is 5.91 Å². The summed E-state index contributed by atoms with van der Waals surface area (Å²) in [5.74, 6) is -0.176. The van der Waals surface area contributed by atoms with Gasteiger partial charge < -0.3 is 19.8 Å². The highest BCUT2D eigenvalue weighted by Crippen LogP contribution is 2.43. The highest BCUT2D eigenvalue weighted by atomic mass is 31.2.